The number of rotatable bonds is 7. The van der Waals surface area contributed by atoms with Gasteiger partial charge in [0.25, 0.3) is 12.9 Å². The number of carbonyl (C=O) groups is 1. The molecule has 0 heterocycles. The van der Waals surface area contributed by atoms with Crippen molar-refractivity contribution in [1.82, 2.24) is 0 Å². The lowest BCUT2D eigenvalue weighted by Crippen LogP contribution is -2.04. The minimum absolute atomic E-state index is 0.0847. The monoisotopic (exact) mass is 366 g/mol. The fourth-order valence-electron chi connectivity index (χ4n) is 2.39. The van der Waals surface area contributed by atoms with Gasteiger partial charge in [-0.1, -0.05) is 25.1 Å². The van der Waals surface area contributed by atoms with E-state index in [0.717, 1.165) is 23.1 Å². The van der Waals surface area contributed by atoms with Crippen LogP contribution in [0.4, 0.5) is 8.78 Å². The highest BCUT2D eigenvalue weighted by atomic mass is 19.3. The molecule has 0 spiro atoms. The van der Waals surface area contributed by atoms with Crippen LogP contribution in [0.1, 0.15) is 35.6 Å². The molecule has 0 amide bonds. The molecule has 0 aromatic heterocycles. The zero-order valence-electron chi connectivity index (χ0n) is 15.4. The Morgan fingerprint density at radius 3 is 2.35 bits per heavy atom. The summed E-state index contributed by atoms with van der Waals surface area (Å²) in [5, 5.41) is 0. The van der Waals surface area contributed by atoms with Crippen LogP contribution >= 0.6 is 0 Å². The van der Waals surface area contributed by atoms with Gasteiger partial charge in [-0.3, -0.25) is 4.79 Å². The standard InChI is InChI=1S/C18H20F2O2.C2H4O2/c1-4-13-6-5-7-16(21-3)15(13)11-22-17-10-12(2)8-9-14(17)18(19)20;1-4-2-3/h5-10,18H,4,11H2,1-3H3;2H,1H3. The van der Waals surface area contributed by atoms with Crippen molar-refractivity contribution in [3.8, 4) is 11.5 Å². The van der Waals surface area contributed by atoms with E-state index in [0.29, 0.717) is 12.2 Å². The van der Waals surface area contributed by atoms with Crippen LogP contribution in [0.15, 0.2) is 36.4 Å². The van der Waals surface area contributed by atoms with Gasteiger partial charge in [0.1, 0.15) is 18.1 Å². The molecule has 26 heavy (non-hydrogen) atoms. The van der Waals surface area contributed by atoms with E-state index in [1.54, 1.807) is 19.2 Å². The molecule has 4 nitrogen and oxygen atoms in total. The van der Waals surface area contributed by atoms with Crippen molar-refractivity contribution in [2.75, 3.05) is 14.2 Å². The van der Waals surface area contributed by atoms with Crippen LogP contribution in [0, 0.1) is 6.92 Å². The molecule has 2 aromatic carbocycles. The van der Waals surface area contributed by atoms with Crippen molar-refractivity contribution in [1.29, 1.82) is 0 Å². The molecule has 142 valence electrons. The lowest BCUT2D eigenvalue weighted by molar-refractivity contribution is -0.126. The smallest absolute Gasteiger partial charge is 0.292 e. The number of carbonyl (C=O) groups excluding carboxylic acids is 1. The number of halogens is 2. The first-order valence-electron chi connectivity index (χ1n) is 8.11. The Hall–Kier alpha value is -2.63. The third-order valence-corrected chi connectivity index (χ3v) is 3.70. The summed E-state index contributed by atoms with van der Waals surface area (Å²) < 4.78 is 41.0. The average Bonchev–Trinajstić information content (AvgIpc) is 2.65. The van der Waals surface area contributed by atoms with E-state index in [9.17, 15) is 8.78 Å². The molecule has 2 aromatic rings. The van der Waals surface area contributed by atoms with Crippen molar-refractivity contribution in [3.05, 3.63) is 58.7 Å². The molecule has 0 aliphatic carbocycles. The number of hydrogen-bond acceptors (Lipinski definition) is 4. The third-order valence-electron chi connectivity index (χ3n) is 3.70. The maximum Gasteiger partial charge on any atom is 0.292 e. The Morgan fingerprint density at radius 1 is 1.12 bits per heavy atom. The highest BCUT2D eigenvalue weighted by Crippen LogP contribution is 2.32. The average molecular weight is 366 g/mol. The largest absolute Gasteiger partial charge is 0.496 e. The molecule has 0 atom stereocenters. The predicted octanol–water partition coefficient (Wildman–Crippen LogP) is 4.87. The molecule has 0 fully saturated rings. The zero-order valence-corrected chi connectivity index (χ0v) is 15.4. The third kappa shape index (κ3) is 6.02. The number of methoxy groups -OCH3 is 2. The molecule has 0 saturated carbocycles. The fourth-order valence-corrected chi connectivity index (χ4v) is 2.39. The summed E-state index contributed by atoms with van der Waals surface area (Å²) in [6.45, 7) is 4.47. The quantitative estimate of drug-likeness (QED) is 0.656. The Balaban J connectivity index is 0.000000765. The number of alkyl halides is 2. The number of benzene rings is 2. The van der Waals surface area contributed by atoms with Crippen molar-refractivity contribution in [2.24, 2.45) is 0 Å². The second-order valence-corrected chi connectivity index (χ2v) is 5.41. The molecular weight excluding hydrogens is 342 g/mol. The molecular formula is C20H24F2O4. The number of hydrogen-bond donors (Lipinski definition) is 0. The van der Waals surface area contributed by atoms with E-state index >= 15 is 0 Å². The molecule has 0 aliphatic heterocycles. The molecule has 0 radical (unpaired) electrons. The first kappa shape index (κ1) is 21.4. The van der Waals surface area contributed by atoms with Crippen molar-refractivity contribution < 1.29 is 27.8 Å². The van der Waals surface area contributed by atoms with Gasteiger partial charge in [0, 0.05) is 5.56 Å². The second-order valence-electron chi connectivity index (χ2n) is 5.41. The van der Waals surface area contributed by atoms with Crippen molar-refractivity contribution in [2.45, 2.75) is 33.3 Å². The zero-order chi connectivity index (χ0) is 19.5. The normalized spacial score (nSPS) is 9.96. The van der Waals surface area contributed by atoms with Crippen LogP contribution < -0.4 is 9.47 Å². The fraction of sp³-hybridized carbons (Fsp3) is 0.350. The van der Waals surface area contributed by atoms with E-state index in [2.05, 4.69) is 4.74 Å². The Labute approximate surface area is 152 Å². The predicted molar refractivity (Wildman–Crippen MR) is 95.9 cm³/mol. The summed E-state index contributed by atoms with van der Waals surface area (Å²) in [5.74, 6) is 0.938. The van der Waals surface area contributed by atoms with Crippen LogP contribution in [0.3, 0.4) is 0 Å². The van der Waals surface area contributed by atoms with Crippen LogP contribution in [0.25, 0.3) is 0 Å². The highest BCUT2D eigenvalue weighted by molar-refractivity contribution is 5.42. The number of ether oxygens (including phenoxy) is 3. The van der Waals surface area contributed by atoms with Gasteiger partial charge in [-0.25, -0.2) is 8.78 Å². The molecule has 0 unspecified atom stereocenters. The lowest BCUT2D eigenvalue weighted by Gasteiger charge is -2.16. The summed E-state index contributed by atoms with van der Waals surface area (Å²) >= 11 is 0. The molecule has 6 heteroatoms. The SMILES string of the molecule is CCc1cccc(OC)c1COc1cc(C)ccc1C(F)F.COC=O. The summed E-state index contributed by atoms with van der Waals surface area (Å²) in [6.07, 6.45) is -1.73. The van der Waals surface area contributed by atoms with E-state index < -0.39 is 6.43 Å². The highest BCUT2D eigenvalue weighted by Gasteiger charge is 2.16. The summed E-state index contributed by atoms with van der Waals surface area (Å²) in [6, 6.07) is 10.5. The minimum atomic E-state index is -2.56. The van der Waals surface area contributed by atoms with Gasteiger partial charge in [-0.05, 0) is 42.7 Å². The molecule has 2 rings (SSSR count). The van der Waals surface area contributed by atoms with E-state index in [1.165, 1.54) is 13.2 Å². The maximum absolute atomic E-state index is 13.1. The van der Waals surface area contributed by atoms with E-state index in [4.69, 9.17) is 14.3 Å². The Bertz CT molecular complexity index is 680. The van der Waals surface area contributed by atoms with E-state index in [1.807, 2.05) is 32.0 Å². The van der Waals surface area contributed by atoms with Crippen molar-refractivity contribution in [3.63, 3.8) is 0 Å². The minimum Gasteiger partial charge on any atom is -0.496 e. The summed E-state index contributed by atoms with van der Waals surface area (Å²) in [5.41, 5.74) is 2.79. The summed E-state index contributed by atoms with van der Waals surface area (Å²) in [7, 11) is 2.91. The Kier molecular flexibility index (Phi) is 9.12. The molecule has 0 N–H and O–H groups in total. The summed E-state index contributed by atoms with van der Waals surface area (Å²) in [4.78, 5) is 8.95. The van der Waals surface area contributed by atoms with Gasteiger partial charge in [-0.2, -0.15) is 0 Å². The van der Waals surface area contributed by atoms with Gasteiger partial charge >= 0.3 is 0 Å². The van der Waals surface area contributed by atoms with Gasteiger partial charge in [0.15, 0.2) is 0 Å². The van der Waals surface area contributed by atoms with Crippen LogP contribution in [-0.2, 0) is 22.6 Å². The van der Waals surface area contributed by atoms with Crippen LogP contribution in [0.5, 0.6) is 11.5 Å². The van der Waals surface area contributed by atoms with Crippen molar-refractivity contribution >= 4 is 6.47 Å². The number of aryl methyl sites for hydroxylation is 2. The van der Waals surface area contributed by atoms with Gasteiger partial charge in [0.2, 0.25) is 0 Å². The maximum atomic E-state index is 13.1. The molecule has 0 saturated heterocycles. The van der Waals surface area contributed by atoms with Gasteiger partial charge < -0.3 is 14.2 Å². The first-order chi connectivity index (χ1) is 12.5. The van der Waals surface area contributed by atoms with E-state index in [-0.39, 0.29) is 17.9 Å². The molecule has 0 bridgehead atoms. The van der Waals surface area contributed by atoms with Gasteiger partial charge in [-0.15, -0.1) is 0 Å². The first-order valence-corrected chi connectivity index (χ1v) is 8.11. The van der Waals surface area contributed by atoms with Gasteiger partial charge in [0.05, 0.1) is 19.8 Å². The van der Waals surface area contributed by atoms with Crippen LogP contribution in [-0.4, -0.2) is 20.7 Å². The lowest BCUT2D eigenvalue weighted by atomic mass is 10.0. The second kappa shape index (κ2) is 11.1. The molecule has 0 aliphatic rings. The van der Waals surface area contributed by atoms with Crippen LogP contribution in [0.2, 0.25) is 0 Å². The topological polar surface area (TPSA) is 44.8 Å². The Morgan fingerprint density at radius 2 is 1.81 bits per heavy atom.